The second-order valence-electron chi connectivity index (χ2n) is 4.45. The van der Waals surface area contributed by atoms with Gasteiger partial charge in [0.2, 0.25) is 11.6 Å². The van der Waals surface area contributed by atoms with Gasteiger partial charge in [0.25, 0.3) is 0 Å². The molecule has 2 rings (SSSR count). The summed E-state index contributed by atoms with van der Waals surface area (Å²) in [7, 11) is 0. The summed E-state index contributed by atoms with van der Waals surface area (Å²) in [5, 5.41) is 24.0. The number of carboxylic acids is 1. The summed E-state index contributed by atoms with van der Waals surface area (Å²) < 4.78 is 4.83. The van der Waals surface area contributed by atoms with E-state index < -0.39 is 5.97 Å². The molecule has 0 aliphatic rings. The van der Waals surface area contributed by atoms with Gasteiger partial charge < -0.3 is 9.63 Å². The Bertz CT molecular complexity index is 551. The number of carbonyl (C=O) groups is 1. The largest absolute Gasteiger partial charge is 0.477 e. The number of carboxylic acid groups (broad SMARTS) is 1. The van der Waals surface area contributed by atoms with E-state index in [1.54, 1.807) is 0 Å². The molecule has 0 saturated carbocycles. The van der Waals surface area contributed by atoms with Gasteiger partial charge in [-0.1, -0.05) is 5.16 Å². The molecule has 1 N–H and O–H groups in total. The van der Waals surface area contributed by atoms with Gasteiger partial charge in [-0.25, -0.2) is 4.79 Å². The average molecular weight is 237 g/mol. The van der Waals surface area contributed by atoms with Gasteiger partial charge in [0, 0.05) is 0 Å². The molecule has 0 amide bonds. The Morgan fingerprint density at radius 3 is 2.71 bits per heavy atom. The average Bonchev–Trinajstić information content (AvgIpc) is 2.85. The molecule has 0 aliphatic carbocycles. The lowest BCUT2D eigenvalue weighted by Crippen LogP contribution is -2.24. The summed E-state index contributed by atoms with van der Waals surface area (Å²) in [6.45, 7) is 5.70. The van der Waals surface area contributed by atoms with Gasteiger partial charge in [-0.15, -0.1) is 10.2 Å². The van der Waals surface area contributed by atoms with Crippen molar-refractivity contribution in [1.29, 1.82) is 0 Å². The topological polar surface area (TPSA) is 107 Å². The highest BCUT2D eigenvalue weighted by Gasteiger charge is 2.23. The molecule has 0 saturated heterocycles. The summed E-state index contributed by atoms with van der Waals surface area (Å²) in [6.07, 6.45) is 1.11. The Morgan fingerprint density at radius 1 is 1.47 bits per heavy atom. The van der Waals surface area contributed by atoms with Crippen molar-refractivity contribution in [3.05, 3.63) is 11.8 Å². The first-order valence-corrected chi connectivity index (χ1v) is 4.88. The third kappa shape index (κ3) is 2.01. The number of aromatic carboxylic acids is 1. The monoisotopic (exact) mass is 237 g/mol. The quantitative estimate of drug-likeness (QED) is 0.822. The van der Waals surface area contributed by atoms with Gasteiger partial charge in [0.1, 0.15) is 5.56 Å². The molecule has 8 heteroatoms. The molecule has 2 aromatic heterocycles. The summed E-state index contributed by atoms with van der Waals surface area (Å²) in [4.78, 5) is 12.3. The number of nitrogens with zero attached hydrogens (tertiary/aromatic N) is 5. The van der Waals surface area contributed by atoms with Crippen LogP contribution in [0.3, 0.4) is 0 Å². The molecule has 0 bridgehead atoms. The van der Waals surface area contributed by atoms with E-state index in [1.165, 1.54) is 4.80 Å². The Labute approximate surface area is 96.2 Å². The normalized spacial score (nSPS) is 11.7. The first-order valence-electron chi connectivity index (χ1n) is 4.88. The second-order valence-corrected chi connectivity index (χ2v) is 4.45. The number of hydrogen-bond donors (Lipinski definition) is 1. The molecule has 0 fully saturated rings. The predicted octanol–water partition coefficient (Wildman–Crippen LogP) is 0.781. The van der Waals surface area contributed by atoms with Gasteiger partial charge in [0.05, 0.1) is 11.7 Å². The van der Waals surface area contributed by atoms with Crippen LogP contribution in [-0.2, 0) is 5.54 Å². The highest BCUT2D eigenvalue weighted by atomic mass is 16.5. The van der Waals surface area contributed by atoms with Crippen LogP contribution in [-0.4, -0.2) is 36.4 Å². The molecule has 17 heavy (non-hydrogen) atoms. The van der Waals surface area contributed by atoms with Crippen molar-refractivity contribution < 1.29 is 14.4 Å². The summed E-state index contributed by atoms with van der Waals surface area (Å²) in [5.41, 5.74) is -0.423. The number of tetrazole rings is 1. The molecule has 2 heterocycles. The molecule has 0 aliphatic heterocycles. The molecule has 2 aromatic rings. The smallest absolute Gasteiger partial charge is 0.341 e. The molecule has 0 atom stereocenters. The van der Waals surface area contributed by atoms with E-state index in [2.05, 4.69) is 20.6 Å². The number of rotatable bonds is 2. The summed E-state index contributed by atoms with van der Waals surface area (Å²) in [5.74, 6) is -1.03. The standard InChI is InChI=1S/C9H11N5O3/c1-9(2,3)14-12-7(11-13-14)6-5(8(15)16)4-10-17-6/h4H,1-3H3,(H,15,16). The maximum atomic E-state index is 10.9. The van der Waals surface area contributed by atoms with E-state index >= 15 is 0 Å². The van der Waals surface area contributed by atoms with Crippen molar-refractivity contribution in [3.63, 3.8) is 0 Å². The lowest BCUT2D eigenvalue weighted by atomic mass is 10.1. The highest BCUT2D eigenvalue weighted by Crippen LogP contribution is 2.20. The molecular formula is C9H11N5O3. The minimum absolute atomic E-state index is 0.00741. The van der Waals surface area contributed by atoms with Crippen LogP contribution in [0.5, 0.6) is 0 Å². The van der Waals surface area contributed by atoms with Crippen molar-refractivity contribution in [3.8, 4) is 11.6 Å². The van der Waals surface area contributed by atoms with Crippen LogP contribution < -0.4 is 0 Å². The molecule has 90 valence electrons. The van der Waals surface area contributed by atoms with Crippen LogP contribution in [0.1, 0.15) is 31.1 Å². The fraction of sp³-hybridized carbons (Fsp3) is 0.444. The molecular weight excluding hydrogens is 226 g/mol. The van der Waals surface area contributed by atoms with E-state index in [9.17, 15) is 4.79 Å². The third-order valence-electron chi connectivity index (χ3n) is 2.02. The van der Waals surface area contributed by atoms with Gasteiger partial charge >= 0.3 is 5.97 Å². The zero-order valence-electron chi connectivity index (χ0n) is 9.58. The molecule has 0 unspecified atom stereocenters. The van der Waals surface area contributed by atoms with E-state index in [0.717, 1.165) is 6.20 Å². The van der Waals surface area contributed by atoms with Crippen molar-refractivity contribution in [2.75, 3.05) is 0 Å². The molecule has 0 spiro atoms. The number of hydrogen-bond acceptors (Lipinski definition) is 6. The third-order valence-corrected chi connectivity index (χ3v) is 2.02. The van der Waals surface area contributed by atoms with Crippen LogP contribution in [0.2, 0.25) is 0 Å². The Kier molecular flexibility index (Phi) is 2.41. The van der Waals surface area contributed by atoms with Crippen molar-refractivity contribution >= 4 is 5.97 Å². The zero-order chi connectivity index (χ0) is 12.6. The maximum absolute atomic E-state index is 10.9. The van der Waals surface area contributed by atoms with Gasteiger partial charge in [-0.3, -0.25) is 0 Å². The first-order chi connectivity index (χ1) is 7.89. The SMILES string of the molecule is CC(C)(C)n1nnc(-c2oncc2C(=O)O)n1. The van der Waals surface area contributed by atoms with Crippen molar-refractivity contribution in [1.82, 2.24) is 25.4 Å². The Balaban J connectivity index is 2.44. The van der Waals surface area contributed by atoms with Gasteiger partial charge in [-0.2, -0.15) is 4.80 Å². The summed E-state index contributed by atoms with van der Waals surface area (Å²) >= 11 is 0. The minimum atomic E-state index is -1.15. The fourth-order valence-corrected chi connectivity index (χ4v) is 1.14. The minimum Gasteiger partial charge on any atom is -0.477 e. The van der Waals surface area contributed by atoms with E-state index in [-0.39, 0.29) is 22.7 Å². The zero-order valence-corrected chi connectivity index (χ0v) is 9.58. The molecule has 0 radical (unpaired) electrons. The lowest BCUT2D eigenvalue weighted by Gasteiger charge is -2.15. The summed E-state index contributed by atoms with van der Waals surface area (Å²) in [6, 6.07) is 0. The van der Waals surface area contributed by atoms with Crippen LogP contribution in [0.25, 0.3) is 11.6 Å². The molecule has 0 aromatic carbocycles. The Hall–Kier alpha value is -2.25. The molecule has 8 nitrogen and oxygen atoms in total. The second kappa shape index (κ2) is 3.65. The lowest BCUT2D eigenvalue weighted by molar-refractivity contribution is 0.0697. The van der Waals surface area contributed by atoms with E-state index in [4.69, 9.17) is 9.63 Å². The van der Waals surface area contributed by atoms with Crippen LogP contribution in [0.15, 0.2) is 10.7 Å². The van der Waals surface area contributed by atoms with E-state index in [1.807, 2.05) is 20.8 Å². The van der Waals surface area contributed by atoms with Gasteiger partial charge in [-0.05, 0) is 26.0 Å². The van der Waals surface area contributed by atoms with Crippen LogP contribution in [0, 0.1) is 0 Å². The van der Waals surface area contributed by atoms with Crippen LogP contribution in [0.4, 0.5) is 0 Å². The maximum Gasteiger partial charge on any atom is 0.341 e. The van der Waals surface area contributed by atoms with E-state index in [0.29, 0.717) is 0 Å². The first kappa shape index (κ1) is 11.2. The predicted molar refractivity (Wildman–Crippen MR) is 55.3 cm³/mol. The fourth-order valence-electron chi connectivity index (χ4n) is 1.14. The van der Waals surface area contributed by atoms with Crippen LogP contribution >= 0.6 is 0 Å². The highest BCUT2D eigenvalue weighted by molar-refractivity contribution is 5.92. The van der Waals surface area contributed by atoms with Crippen molar-refractivity contribution in [2.24, 2.45) is 0 Å². The Morgan fingerprint density at radius 2 is 2.18 bits per heavy atom. The van der Waals surface area contributed by atoms with Crippen molar-refractivity contribution in [2.45, 2.75) is 26.3 Å². The van der Waals surface area contributed by atoms with Gasteiger partial charge in [0.15, 0.2) is 0 Å². The number of aromatic nitrogens is 5.